The molecule has 0 saturated carbocycles. The molecule has 63 heavy (non-hydrogen) atoms. The highest BCUT2D eigenvalue weighted by atomic mass is 28.4. The molecule has 7 nitrogen and oxygen atoms in total. The number of hydrogen-bond acceptors (Lipinski definition) is 5. The number of fused-ring (bicyclic) bond motifs is 2. The Morgan fingerprint density at radius 3 is 2.14 bits per heavy atom. The Hall–Kier alpha value is -4.34. The molecule has 2 aliphatic heterocycles. The number of methoxy groups -OCH3 is 1. The monoisotopic (exact) mass is 867 g/mol. The average molecular weight is 867 g/mol. The van der Waals surface area contributed by atoms with Gasteiger partial charge in [0.25, 0.3) is 5.65 Å². The van der Waals surface area contributed by atoms with Crippen LogP contribution in [-0.2, 0) is 53.0 Å². The fraction of sp³-hybridized carbons (Fsp3) is 0.491. The van der Waals surface area contributed by atoms with Crippen molar-refractivity contribution < 1.29 is 22.9 Å². The van der Waals surface area contributed by atoms with Crippen molar-refractivity contribution in [1.82, 2.24) is 9.38 Å². The molecule has 2 bridgehead atoms. The lowest BCUT2D eigenvalue weighted by molar-refractivity contribution is -0.734. The predicted octanol–water partition coefficient (Wildman–Crippen LogP) is 11.7. The number of imidazole rings is 1. The molecule has 8 rings (SSSR count). The van der Waals surface area contributed by atoms with Crippen LogP contribution in [0.25, 0.3) is 38.7 Å². The minimum absolute atomic E-state index is 0.0145. The van der Waals surface area contributed by atoms with Crippen molar-refractivity contribution in [1.29, 1.82) is 0 Å². The SMILES string of the molecule is CCC1(C)c2cc(C(C)(C)C)cc3nc(C(C)(C)C)n4c5cc(C)c6cc5[n+](c4c23)C1(CCCOC(C)=C(Cc1ccc(-c2ccc([Si](C)(OC)OC)cc2)cc1)C(C)OC)CC6. The van der Waals surface area contributed by atoms with Gasteiger partial charge in [-0.05, 0) is 139 Å². The van der Waals surface area contributed by atoms with Crippen LogP contribution in [0.3, 0.4) is 0 Å². The molecular formula is C55H72N3O4Si+. The fourth-order valence-corrected chi connectivity index (χ4v) is 12.4. The minimum atomic E-state index is -2.37. The lowest BCUT2D eigenvalue weighted by atomic mass is 9.58. The summed E-state index contributed by atoms with van der Waals surface area (Å²) in [5.74, 6) is 2.08. The molecule has 0 amide bonds. The molecule has 0 spiro atoms. The van der Waals surface area contributed by atoms with Gasteiger partial charge in [-0.2, -0.15) is 4.40 Å². The van der Waals surface area contributed by atoms with Gasteiger partial charge >= 0.3 is 8.56 Å². The van der Waals surface area contributed by atoms with Crippen molar-refractivity contribution in [3.05, 3.63) is 118 Å². The summed E-state index contributed by atoms with van der Waals surface area (Å²) in [6, 6.07) is 27.4. The third-order valence-corrected chi connectivity index (χ3v) is 18.4. The van der Waals surface area contributed by atoms with Gasteiger partial charge in [-0.25, -0.2) is 9.55 Å². The molecule has 8 heteroatoms. The van der Waals surface area contributed by atoms with Gasteiger partial charge in [-0.3, -0.25) is 0 Å². The van der Waals surface area contributed by atoms with Crippen molar-refractivity contribution in [2.75, 3.05) is 27.9 Å². The molecule has 0 saturated heterocycles. The van der Waals surface area contributed by atoms with E-state index in [0.717, 1.165) is 60.8 Å². The van der Waals surface area contributed by atoms with E-state index in [1.165, 1.54) is 66.6 Å². The van der Waals surface area contributed by atoms with E-state index in [2.05, 4.69) is 164 Å². The summed E-state index contributed by atoms with van der Waals surface area (Å²) >= 11 is 0. The third kappa shape index (κ3) is 7.37. The summed E-state index contributed by atoms with van der Waals surface area (Å²) < 4.78 is 29.7. The van der Waals surface area contributed by atoms with Crippen molar-refractivity contribution in [3.8, 4) is 11.1 Å². The van der Waals surface area contributed by atoms with Crippen molar-refractivity contribution >= 4 is 41.3 Å². The molecule has 2 aromatic heterocycles. The second-order valence-corrected chi connectivity index (χ2v) is 24.3. The van der Waals surface area contributed by atoms with Crippen molar-refractivity contribution in [2.45, 2.75) is 149 Å². The molecule has 3 unspecified atom stereocenters. The predicted molar refractivity (Wildman–Crippen MR) is 262 cm³/mol. The van der Waals surface area contributed by atoms with Gasteiger partial charge in [0.15, 0.2) is 11.0 Å². The number of aromatic nitrogens is 3. The van der Waals surface area contributed by atoms with E-state index in [1.54, 1.807) is 21.3 Å². The van der Waals surface area contributed by atoms with Gasteiger partial charge in [0.05, 0.1) is 29.4 Å². The van der Waals surface area contributed by atoms with E-state index >= 15 is 0 Å². The zero-order chi connectivity index (χ0) is 45.4. The minimum Gasteiger partial charge on any atom is -0.498 e. The summed E-state index contributed by atoms with van der Waals surface area (Å²) in [7, 11) is 2.88. The second kappa shape index (κ2) is 16.3. The zero-order valence-electron chi connectivity index (χ0n) is 40.9. The number of hydrogen-bond donors (Lipinski definition) is 0. The fourth-order valence-electron chi connectivity index (χ4n) is 11.0. The van der Waals surface area contributed by atoms with Crippen LogP contribution in [0, 0.1) is 6.92 Å². The maximum Gasteiger partial charge on any atom is 0.368 e. The maximum atomic E-state index is 6.83. The van der Waals surface area contributed by atoms with E-state index in [4.69, 9.17) is 23.3 Å². The number of allylic oxidation sites excluding steroid dienone is 1. The third-order valence-electron chi connectivity index (χ3n) is 15.4. The summed E-state index contributed by atoms with van der Waals surface area (Å²) in [6.45, 7) is 28.3. The standard InChI is InChI=1S/C55H72N3O4Si/c1-16-54(11)45-33-42(52(5,6)7)34-46-49(45)50-57(51(56-46)53(8,9)10)47-30-35(2)41-26-28-55(54,58(50)48(47)32-41)27-17-29-62-37(4)44(36(3)59-12)31-38-18-20-39(21-19-38)40-22-24-43(25-23-40)63(15,60-13)61-14/h18-25,30,32-34,36H,16-17,26-29,31H2,1-15H3/q+1. The molecule has 4 aromatic carbocycles. The van der Waals surface area contributed by atoms with Crippen molar-refractivity contribution in [3.63, 3.8) is 0 Å². The second-order valence-electron chi connectivity index (χ2n) is 21.0. The first-order valence-corrected chi connectivity index (χ1v) is 25.6. The van der Waals surface area contributed by atoms with Crippen LogP contribution in [0.4, 0.5) is 0 Å². The highest BCUT2D eigenvalue weighted by Gasteiger charge is 2.59. The highest BCUT2D eigenvalue weighted by molar-refractivity contribution is 6.79. The number of nitrogens with zero attached hydrogens (tertiary/aromatic N) is 3. The van der Waals surface area contributed by atoms with E-state index in [0.29, 0.717) is 6.61 Å². The largest absolute Gasteiger partial charge is 0.498 e. The number of rotatable bonds is 14. The van der Waals surface area contributed by atoms with Gasteiger partial charge in [0, 0.05) is 32.2 Å². The molecule has 4 heterocycles. The van der Waals surface area contributed by atoms with Crippen LogP contribution < -0.4 is 9.75 Å². The van der Waals surface area contributed by atoms with Crippen LogP contribution in [0.2, 0.25) is 6.55 Å². The zero-order valence-corrected chi connectivity index (χ0v) is 41.9. The van der Waals surface area contributed by atoms with Crippen LogP contribution in [0.1, 0.15) is 129 Å². The molecule has 0 aliphatic carbocycles. The first-order chi connectivity index (χ1) is 29.7. The van der Waals surface area contributed by atoms with E-state index in [1.807, 2.05) is 0 Å². The lowest BCUT2D eigenvalue weighted by Crippen LogP contribution is -2.68. The van der Waals surface area contributed by atoms with E-state index in [9.17, 15) is 0 Å². The topological polar surface area (TPSA) is 58.1 Å². The number of ether oxygens (including phenoxy) is 2. The van der Waals surface area contributed by atoms with Gasteiger partial charge in [-0.15, -0.1) is 0 Å². The molecule has 0 fully saturated rings. The van der Waals surface area contributed by atoms with Crippen LogP contribution in [0.5, 0.6) is 0 Å². The van der Waals surface area contributed by atoms with Gasteiger partial charge < -0.3 is 18.3 Å². The quantitative estimate of drug-likeness (QED) is 0.0472. The summed E-state index contributed by atoms with van der Waals surface area (Å²) in [6.07, 6.45) is 5.78. The van der Waals surface area contributed by atoms with Gasteiger partial charge in [-0.1, -0.05) is 110 Å². The summed E-state index contributed by atoms with van der Waals surface area (Å²) in [4.78, 5) is 5.63. The van der Waals surface area contributed by atoms with Gasteiger partial charge in [0.1, 0.15) is 5.54 Å². The van der Waals surface area contributed by atoms with Gasteiger partial charge in [0.2, 0.25) is 5.82 Å². The Bertz CT molecular complexity index is 2730. The Balaban J connectivity index is 1.13. The molecule has 6 aromatic rings. The smallest absolute Gasteiger partial charge is 0.368 e. The molecule has 2 aliphatic rings. The maximum absolute atomic E-state index is 6.83. The molecule has 0 N–H and O–H groups in total. The lowest BCUT2D eigenvalue weighted by Gasteiger charge is -2.49. The summed E-state index contributed by atoms with van der Waals surface area (Å²) in [5, 5.41) is 2.44. The van der Waals surface area contributed by atoms with Crippen LogP contribution in [-0.4, -0.2) is 52.0 Å². The Labute approximate surface area is 378 Å². The number of aryl methyl sites for hydroxylation is 2. The van der Waals surface area contributed by atoms with Crippen LogP contribution >= 0.6 is 0 Å². The highest BCUT2D eigenvalue weighted by Crippen LogP contribution is 2.54. The number of benzene rings is 4. The molecular weight excluding hydrogens is 795 g/mol. The molecule has 334 valence electrons. The normalized spacial score (nSPS) is 19.7. The Morgan fingerprint density at radius 1 is 0.905 bits per heavy atom. The first-order valence-electron chi connectivity index (χ1n) is 23.3. The van der Waals surface area contributed by atoms with Crippen LogP contribution in [0.15, 0.2) is 84.1 Å². The van der Waals surface area contributed by atoms with E-state index in [-0.39, 0.29) is 27.9 Å². The Morgan fingerprint density at radius 2 is 1.56 bits per heavy atom. The molecule has 3 atom stereocenters. The van der Waals surface area contributed by atoms with Crippen molar-refractivity contribution in [2.24, 2.45) is 0 Å². The summed E-state index contributed by atoms with van der Waals surface area (Å²) in [5.41, 5.74) is 15.0. The first kappa shape index (κ1) is 45.2. The average Bonchev–Trinajstić information content (AvgIpc) is 3.50. The van der Waals surface area contributed by atoms with E-state index < -0.39 is 8.56 Å². The molecule has 0 radical (unpaired) electrons. The Kier molecular flexibility index (Phi) is 11.7.